The summed E-state index contributed by atoms with van der Waals surface area (Å²) in [5, 5.41) is 14.1. The van der Waals surface area contributed by atoms with Gasteiger partial charge in [0.15, 0.2) is 5.16 Å². The number of thioether (sulfide) groups is 1. The molecule has 0 spiro atoms. The molecule has 0 fully saturated rings. The fraction of sp³-hybridized carbons (Fsp3) is 0.100. The Hall–Kier alpha value is -2.16. The average Bonchev–Trinajstić information content (AvgIpc) is 2.71. The van der Waals surface area contributed by atoms with Crippen LogP contribution >= 0.6 is 11.8 Å². The van der Waals surface area contributed by atoms with Gasteiger partial charge < -0.3 is 5.11 Å². The molecule has 2 rings (SSSR count). The van der Waals surface area contributed by atoms with E-state index in [0.29, 0.717) is 0 Å². The summed E-state index contributed by atoms with van der Waals surface area (Å²) in [5.41, 5.74) is -1.11. The van der Waals surface area contributed by atoms with E-state index in [9.17, 15) is 18.4 Å². The largest absolute Gasteiger partial charge is 0.481 e. The number of aromatic amines is 1. The summed E-state index contributed by atoms with van der Waals surface area (Å²) < 4.78 is 27.5. The Morgan fingerprint density at radius 3 is 2.89 bits per heavy atom. The number of nitrogens with one attached hydrogen (secondary N) is 1. The molecule has 6 nitrogen and oxygen atoms in total. The van der Waals surface area contributed by atoms with Crippen LogP contribution in [0, 0.1) is 11.6 Å². The Balaban J connectivity index is 2.49. The van der Waals surface area contributed by atoms with Gasteiger partial charge in [-0.15, -0.1) is 5.10 Å². The third-order valence-electron chi connectivity index (χ3n) is 2.12. The number of hydrogen-bond donors (Lipinski definition) is 2. The standard InChI is InChI=1S/C10H7F2N3O3S/c11-5-1-2-6(12)7(3-5)15-9(18)13-14-10(15)19-4-8(16)17/h1-3H,4H2,(H,13,18)(H,16,17). The van der Waals surface area contributed by atoms with E-state index < -0.39 is 23.3 Å². The molecule has 1 heterocycles. The van der Waals surface area contributed by atoms with Crippen molar-refractivity contribution in [3.63, 3.8) is 0 Å². The Kier molecular flexibility index (Phi) is 3.65. The lowest BCUT2D eigenvalue weighted by Crippen LogP contribution is -2.17. The van der Waals surface area contributed by atoms with E-state index in [0.717, 1.165) is 34.5 Å². The van der Waals surface area contributed by atoms with Gasteiger partial charge in [0.05, 0.1) is 11.4 Å². The summed E-state index contributed by atoms with van der Waals surface area (Å²) in [5.74, 6) is -3.02. The highest BCUT2D eigenvalue weighted by Crippen LogP contribution is 2.20. The van der Waals surface area contributed by atoms with Crippen LogP contribution in [0.4, 0.5) is 8.78 Å². The van der Waals surface area contributed by atoms with E-state index in [1.54, 1.807) is 0 Å². The summed E-state index contributed by atoms with van der Waals surface area (Å²) in [4.78, 5) is 22.0. The van der Waals surface area contributed by atoms with Gasteiger partial charge in [-0.3, -0.25) is 4.79 Å². The van der Waals surface area contributed by atoms with Crippen LogP contribution in [0.15, 0.2) is 28.2 Å². The molecule has 2 N–H and O–H groups in total. The maximum absolute atomic E-state index is 13.6. The predicted octanol–water partition coefficient (Wildman–Crippen LogP) is 1.02. The van der Waals surface area contributed by atoms with Crippen molar-refractivity contribution in [2.24, 2.45) is 0 Å². The summed E-state index contributed by atoms with van der Waals surface area (Å²) in [6, 6.07) is 2.61. The first-order chi connectivity index (χ1) is 8.99. The number of benzene rings is 1. The van der Waals surface area contributed by atoms with Gasteiger partial charge in [-0.2, -0.15) is 0 Å². The van der Waals surface area contributed by atoms with Crippen molar-refractivity contribution in [2.45, 2.75) is 5.16 Å². The maximum atomic E-state index is 13.6. The smallest absolute Gasteiger partial charge is 0.348 e. The van der Waals surface area contributed by atoms with Gasteiger partial charge in [0.25, 0.3) is 0 Å². The van der Waals surface area contributed by atoms with Gasteiger partial charge in [0, 0.05) is 6.07 Å². The van der Waals surface area contributed by atoms with Gasteiger partial charge in [0.1, 0.15) is 11.6 Å². The Labute approximate surface area is 109 Å². The summed E-state index contributed by atoms with van der Waals surface area (Å²) in [6.45, 7) is 0. The molecule has 9 heteroatoms. The molecule has 0 aliphatic heterocycles. The second kappa shape index (κ2) is 5.22. The number of carbonyl (C=O) groups is 1. The number of carboxylic acid groups (broad SMARTS) is 1. The molecule has 0 aliphatic rings. The predicted molar refractivity (Wildman–Crippen MR) is 62.5 cm³/mol. The van der Waals surface area contributed by atoms with E-state index in [-0.39, 0.29) is 16.6 Å². The van der Waals surface area contributed by atoms with Crippen LogP contribution < -0.4 is 5.69 Å². The van der Waals surface area contributed by atoms with Crippen LogP contribution in [-0.4, -0.2) is 31.6 Å². The highest BCUT2D eigenvalue weighted by atomic mass is 32.2. The van der Waals surface area contributed by atoms with E-state index in [4.69, 9.17) is 5.11 Å². The fourth-order valence-corrected chi connectivity index (χ4v) is 2.05. The van der Waals surface area contributed by atoms with Gasteiger partial charge >= 0.3 is 11.7 Å². The Bertz CT molecular complexity index is 683. The molecule has 100 valence electrons. The molecule has 1 aromatic carbocycles. The number of aromatic nitrogens is 3. The SMILES string of the molecule is O=C(O)CSc1n[nH]c(=O)n1-c1cc(F)ccc1F. The van der Waals surface area contributed by atoms with Gasteiger partial charge in [-0.05, 0) is 12.1 Å². The lowest BCUT2D eigenvalue weighted by molar-refractivity contribution is -0.133. The Morgan fingerprint density at radius 1 is 1.47 bits per heavy atom. The molecule has 0 saturated heterocycles. The fourth-order valence-electron chi connectivity index (χ4n) is 1.38. The monoisotopic (exact) mass is 287 g/mol. The highest BCUT2D eigenvalue weighted by Gasteiger charge is 2.16. The van der Waals surface area contributed by atoms with Crippen molar-refractivity contribution in [3.8, 4) is 5.69 Å². The van der Waals surface area contributed by atoms with Crippen LogP contribution in [0.3, 0.4) is 0 Å². The molecule has 19 heavy (non-hydrogen) atoms. The average molecular weight is 287 g/mol. The molecule has 0 aliphatic carbocycles. The van der Waals surface area contributed by atoms with E-state index in [1.807, 2.05) is 0 Å². The second-order valence-corrected chi connectivity index (χ2v) is 4.37. The van der Waals surface area contributed by atoms with Crippen LogP contribution in [0.5, 0.6) is 0 Å². The second-order valence-electron chi connectivity index (χ2n) is 3.42. The quantitative estimate of drug-likeness (QED) is 0.820. The van der Waals surface area contributed by atoms with Crippen molar-refractivity contribution in [2.75, 3.05) is 5.75 Å². The van der Waals surface area contributed by atoms with E-state index >= 15 is 0 Å². The molecule has 1 aromatic heterocycles. The number of halogens is 2. The number of nitrogens with zero attached hydrogens (tertiary/aromatic N) is 2. The summed E-state index contributed by atoms with van der Waals surface area (Å²) >= 11 is 0.717. The van der Waals surface area contributed by atoms with Crippen molar-refractivity contribution < 1.29 is 18.7 Å². The third kappa shape index (κ3) is 2.81. The first kappa shape index (κ1) is 13.3. The van der Waals surface area contributed by atoms with Gasteiger partial charge in [-0.25, -0.2) is 23.2 Å². The van der Waals surface area contributed by atoms with E-state index in [2.05, 4.69) is 10.2 Å². The van der Waals surface area contributed by atoms with Crippen molar-refractivity contribution in [1.29, 1.82) is 0 Å². The first-order valence-electron chi connectivity index (χ1n) is 4.96. The van der Waals surface area contributed by atoms with Crippen molar-refractivity contribution in [1.82, 2.24) is 14.8 Å². The maximum Gasteiger partial charge on any atom is 0.348 e. The molecule has 0 atom stereocenters. The molecule has 0 amide bonds. The zero-order valence-electron chi connectivity index (χ0n) is 9.26. The normalized spacial score (nSPS) is 10.6. The Morgan fingerprint density at radius 2 is 2.21 bits per heavy atom. The van der Waals surface area contributed by atoms with E-state index in [1.165, 1.54) is 0 Å². The lowest BCUT2D eigenvalue weighted by Gasteiger charge is -2.05. The minimum atomic E-state index is -1.12. The third-order valence-corrected chi connectivity index (χ3v) is 3.04. The number of rotatable bonds is 4. The molecular formula is C10H7F2N3O3S. The number of aliphatic carboxylic acids is 1. The van der Waals surface area contributed by atoms with Crippen LogP contribution in [-0.2, 0) is 4.79 Å². The van der Waals surface area contributed by atoms with Crippen molar-refractivity contribution in [3.05, 3.63) is 40.3 Å². The highest BCUT2D eigenvalue weighted by molar-refractivity contribution is 7.99. The number of hydrogen-bond acceptors (Lipinski definition) is 4. The molecule has 0 saturated carbocycles. The zero-order valence-corrected chi connectivity index (χ0v) is 10.1. The molecule has 0 radical (unpaired) electrons. The van der Waals surface area contributed by atoms with Crippen LogP contribution in [0.25, 0.3) is 5.69 Å². The molecular weight excluding hydrogens is 280 g/mol. The summed E-state index contributed by atoms with van der Waals surface area (Å²) in [7, 11) is 0. The van der Waals surface area contributed by atoms with Crippen LogP contribution in [0.1, 0.15) is 0 Å². The van der Waals surface area contributed by atoms with Gasteiger partial charge in [-0.1, -0.05) is 11.8 Å². The molecule has 2 aromatic rings. The van der Waals surface area contributed by atoms with Crippen molar-refractivity contribution >= 4 is 17.7 Å². The topological polar surface area (TPSA) is 88.0 Å². The molecule has 0 unspecified atom stereocenters. The minimum absolute atomic E-state index is 0.0584. The lowest BCUT2D eigenvalue weighted by atomic mass is 10.3. The number of carboxylic acids is 1. The summed E-state index contributed by atoms with van der Waals surface area (Å²) in [6.07, 6.45) is 0. The first-order valence-corrected chi connectivity index (χ1v) is 5.95. The van der Waals surface area contributed by atoms with Crippen LogP contribution in [0.2, 0.25) is 0 Å². The zero-order chi connectivity index (χ0) is 14.0. The molecule has 0 bridgehead atoms. The minimum Gasteiger partial charge on any atom is -0.481 e. The van der Waals surface area contributed by atoms with Gasteiger partial charge in [0.2, 0.25) is 0 Å². The number of H-pyrrole nitrogens is 1.